The number of benzene rings is 1. The minimum Gasteiger partial charge on any atom is -0.392 e. The van der Waals surface area contributed by atoms with E-state index in [1.807, 2.05) is 11.9 Å². The minimum absolute atomic E-state index is 0.0582. The molecule has 0 aromatic heterocycles. The number of nitrogens with zero attached hydrogens (tertiary/aromatic N) is 3. The lowest BCUT2D eigenvalue weighted by Gasteiger charge is -2.40. The predicted octanol–water partition coefficient (Wildman–Crippen LogP) is 0.787. The van der Waals surface area contributed by atoms with Gasteiger partial charge < -0.3 is 19.8 Å². The molecule has 2 saturated heterocycles. The zero-order valence-corrected chi connectivity index (χ0v) is 13.5. The number of halogens is 1. The van der Waals surface area contributed by atoms with Crippen molar-refractivity contribution in [3.05, 3.63) is 30.1 Å². The largest absolute Gasteiger partial charge is 0.392 e. The van der Waals surface area contributed by atoms with Gasteiger partial charge in [-0.1, -0.05) is 0 Å². The van der Waals surface area contributed by atoms with Crippen LogP contribution in [0.15, 0.2) is 24.3 Å². The van der Waals surface area contributed by atoms with Gasteiger partial charge in [-0.15, -0.1) is 0 Å². The lowest BCUT2D eigenvalue weighted by Crippen LogP contribution is -2.55. The first kappa shape index (κ1) is 16.2. The first-order valence-corrected chi connectivity index (χ1v) is 8.20. The van der Waals surface area contributed by atoms with E-state index in [1.54, 1.807) is 12.1 Å². The molecule has 1 N–H and O–H groups in total. The van der Waals surface area contributed by atoms with Gasteiger partial charge in [0.25, 0.3) is 0 Å². The van der Waals surface area contributed by atoms with Crippen molar-refractivity contribution in [1.29, 1.82) is 0 Å². The van der Waals surface area contributed by atoms with Gasteiger partial charge in [0.05, 0.1) is 12.0 Å². The Balaban J connectivity index is 1.57. The molecule has 0 saturated carbocycles. The number of carbonyl (C=O) groups is 1. The molecule has 1 aromatic rings. The van der Waals surface area contributed by atoms with Gasteiger partial charge in [-0.3, -0.25) is 4.79 Å². The van der Waals surface area contributed by atoms with Crippen LogP contribution in [0.2, 0.25) is 0 Å². The second-order valence-electron chi connectivity index (χ2n) is 6.51. The standard InChI is InChI=1S/C17H24FN3O2/c1-19-7-6-16(22)15(12-19)17(23)21-10-8-20(9-11-21)14-4-2-13(18)3-5-14/h2-5,15-16,22H,6-12H2,1H3/t15-,16+/m1/s1. The van der Waals surface area contributed by atoms with Crippen LogP contribution in [0.25, 0.3) is 0 Å². The summed E-state index contributed by atoms with van der Waals surface area (Å²) in [4.78, 5) is 18.8. The van der Waals surface area contributed by atoms with Crippen LogP contribution in [-0.4, -0.2) is 73.2 Å². The van der Waals surface area contributed by atoms with Crippen LogP contribution in [0.4, 0.5) is 10.1 Å². The zero-order chi connectivity index (χ0) is 16.4. The van der Waals surface area contributed by atoms with Crippen molar-refractivity contribution in [3.63, 3.8) is 0 Å². The summed E-state index contributed by atoms with van der Waals surface area (Å²) in [5.74, 6) is -0.494. The third kappa shape index (κ3) is 3.64. The number of carbonyl (C=O) groups excluding carboxylic acids is 1. The number of aliphatic hydroxyl groups excluding tert-OH is 1. The van der Waals surface area contributed by atoms with Crippen molar-refractivity contribution in [2.45, 2.75) is 12.5 Å². The van der Waals surface area contributed by atoms with Crippen molar-refractivity contribution >= 4 is 11.6 Å². The van der Waals surface area contributed by atoms with Gasteiger partial charge in [0, 0.05) is 45.0 Å². The van der Waals surface area contributed by atoms with E-state index in [4.69, 9.17) is 0 Å². The summed E-state index contributed by atoms with van der Waals surface area (Å²) < 4.78 is 13.0. The van der Waals surface area contributed by atoms with Crippen LogP contribution in [-0.2, 0) is 4.79 Å². The first-order chi connectivity index (χ1) is 11.0. The normalized spacial score (nSPS) is 26.4. The van der Waals surface area contributed by atoms with Gasteiger partial charge in [0.1, 0.15) is 5.82 Å². The zero-order valence-electron chi connectivity index (χ0n) is 13.5. The quantitative estimate of drug-likeness (QED) is 0.875. The van der Waals surface area contributed by atoms with E-state index in [-0.39, 0.29) is 17.6 Å². The van der Waals surface area contributed by atoms with Gasteiger partial charge in [-0.05, 0) is 37.7 Å². The van der Waals surface area contributed by atoms with E-state index in [2.05, 4.69) is 9.80 Å². The number of likely N-dealkylation sites (tertiary alicyclic amines) is 1. The highest BCUT2D eigenvalue weighted by Crippen LogP contribution is 2.21. The van der Waals surface area contributed by atoms with Crippen molar-refractivity contribution < 1.29 is 14.3 Å². The van der Waals surface area contributed by atoms with Gasteiger partial charge in [-0.2, -0.15) is 0 Å². The average molecular weight is 321 g/mol. The molecule has 6 heteroatoms. The predicted molar refractivity (Wildman–Crippen MR) is 86.8 cm³/mol. The number of amides is 1. The summed E-state index contributed by atoms with van der Waals surface area (Å²) in [5.41, 5.74) is 0.982. The van der Waals surface area contributed by atoms with Gasteiger partial charge in [0.15, 0.2) is 0 Å². The highest BCUT2D eigenvalue weighted by molar-refractivity contribution is 5.80. The Bertz CT molecular complexity index is 543. The lowest BCUT2D eigenvalue weighted by molar-refractivity contribution is -0.142. The van der Waals surface area contributed by atoms with Crippen molar-refractivity contribution in [2.24, 2.45) is 5.92 Å². The second-order valence-corrected chi connectivity index (χ2v) is 6.51. The van der Waals surface area contributed by atoms with E-state index < -0.39 is 6.10 Å². The van der Waals surface area contributed by atoms with E-state index >= 15 is 0 Å². The monoisotopic (exact) mass is 321 g/mol. The number of hydrogen-bond donors (Lipinski definition) is 1. The smallest absolute Gasteiger partial charge is 0.229 e. The molecule has 2 fully saturated rings. The molecule has 3 rings (SSSR count). The highest BCUT2D eigenvalue weighted by atomic mass is 19.1. The number of rotatable bonds is 2. The third-order valence-electron chi connectivity index (χ3n) is 4.88. The molecule has 0 spiro atoms. The maximum Gasteiger partial charge on any atom is 0.229 e. The van der Waals surface area contributed by atoms with Crippen LogP contribution in [0.5, 0.6) is 0 Å². The van der Waals surface area contributed by atoms with Gasteiger partial charge in [-0.25, -0.2) is 4.39 Å². The molecule has 5 nitrogen and oxygen atoms in total. The molecule has 0 aliphatic carbocycles. The van der Waals surface area contributed by atoms with Crippen LogP contribution in [0.1, 0.15) is 6.42 Å². The van der Waals surface area contributed by atoms with Gasteiger partial charge >= 0.3 is 0 Å². The Hall–Kier alpha value is -1.66. The molecule has 2 aliphatic heterocycles. The van der Waals surface area contributed by atoms with E-state index in [0.717, 1.165) is 25.3 Å². The first-order valence-electron chi connectivity index (χ1n) is 8.20. The maximum atomic E-state index is 13.0. The molecule has 126 valence electrons. The Labute approximate surface area is 136 Å². The molecule has 0 unspecified atom stereocenters. The summed E-state index contributed by atoms with van der Waals surface area (Å²) >= 11 is 0. The summed E-state index contributed by atoms with van der Waals surface area (Å²) in [6.07, 6.45) is 0.122. The number of anilines is 1. The molecule has 2 atom stereocenters. The van der Waals surface area contributed by atoms with E-state index in [9.17, 15) is 14.3 Å². The number of piperazine rings is 1. The van der Waals surface area contributed by atoms with E-state index in [1.165, 1.54) is 12.1 Å². The fraction of sp³-hybridized carbons (Fsp3) is 0.588. The van der Waals surface area contributed by atoms with Crippen molar-refractivity contribution in [3.8, 4) is 0 Å². The summed E-state index contributed by atoms with van der Waals surface area (Å²) in [6, 6.07) is 6.46. The molecule has 1 aromatic carbocycles. The van der Waals surface area contributed by atoms with Crippen LogP contribution in [0, 0.1) is 11.7 Å². The Morgan fingerprint density at radius 2 is 1.78 bits per heavy atom. The second kappa shape index (κ2) is 6.84. The van der Waals surface area contributed by atoms with Crippen LogP contribution in [0.3, 0.4) is 0 Å². The molecule has 0 radical (unpaired) electrons. The molecule has 2 aliphatic rings. The fourth-order valence-corrected chi connectivity index (χ4v) is 3.42. The molecule has 2 heterocycles. The molecule has 1 amide bonds. The number of piperidine rings is 1. The summed E-state index contributed by atoms with van der Waals surface area (Å²) in [6.45, 7) is 4.21. The lowest BCUT2D eigenvalue weighted by atomic mass is 9.93. The minimum atomic E-state index is -0.533. The SMILES string of the molecule is CN1CC[C@H](O)[C@H](C(=O)N2CCN(c3ccc(F)cc3)CC2)C1. The van der Waals surface area contributed by atoms with Crippen molar-refractivity contribution in [2.75, 3.05) is 51.2 Å². The fourth-order valence-electron chi connectivity index (χ4n) is 3.42. The molecule has 23 heavy (non-hydrogen) atoms. The van der Waals surface area contributed by atoms with Crippen LogP contribution >= 0.6 is 0 Å². The Kier molecular flexibility index (Phi) is 4.82. The number of hydrogen-bond acceptors (Lipinski definition) is 4. The number of aliphatic hydroxyl groups is 1. The topological polar surface area (TPSA) is 47.0 Å². The van der Waals surface area contributed by atoms with E-state index in [0.29, 0.717) is 26.1 Å². The van der Waals surface area contributed by atoms with Gasteiger partial charge in [0.2, 0.25) is 5.91 Å². The molecular formula is C17H24FN3O2. The Morgan fingerprint density at radius 3 is 2.43 bits per heavy atom. The van der Waals surface area contributed by atoms with Crippen LogP contribution < -0.4 is 4.90 Å². The molecular weight excluding hydrogens is 297 g/mol. The summed E-state index contributed by atoms with van der Waals surface area (Å²) in [5, 5.41) is 10.1. The average Bonchev–Trinajstić information content (AvgIpc) is 2.57. The maximum absolute atomic E-state index is 13.0. The highest BCUT2D eigenvalue weighted by Gasteiger charge is 2.35. The summed E-state index contributed by atoms with van der Waals surface area (Å²) in [7, 11) is 1.98. The van der Waals surface area contributed by atoms with Crippen molar-refractivity contribution in [1.82, 2.24) is 9.80 Å². The third-order valence-corrected chi connectivity index (χ3v) is 4.88. The molecule has 0 bridgehead atoms. The Morgan fingerprint density at radius 1 is 1.13 bits per heavy atom.